The van der Waals surface area contributed by atoms with Crippen molar-refractivity contribution in [2.75, 3.05) is 0 Å². The zero-order chi connectivity index (χ0) is 11.8. The van der Waals surface area contributed by atoms with Gasteiger partial charge in [0.15, 0.2) is 11.6 Å². The highest BCUT2D eigenvalue weighted by Gasteiger charge is 2.15. The van der Waals surface area contributed by atoms with Gasteiger partial charge in [-0.3, -0.25) is 5.10 Å². The largest absolute Gasteiger partial charge is 0.275 e. The number of aromatic amines is 1. The Morgan fingerprint density at radius 3 is 2.53 bits per heavy atom. The molecular formula is C13H8F2N2. The molecule has 1 N–H and O–H groups in total. The molecule has 0 spiro atoms. The monoisotopic (exact) mass is 230 g/mol. The number of aromatic nitrogens is 2. The highest BCUT2D eigenvalue weighted by Crippen LogP contribution is 2.29. The lowest BCUT2D eigenvalue weighted by Gasteiger charge is -2.04. The Morgan fingerprint density at radius 2 is 1.76 bits per heavy atom. The lowest BCUT2D eigenvalue weighted by Crippen LogP contribution is -1.91. The van der Waals surface area contributed by atoms with Gasteiger partial charge in [0.1, 0.15) is 5.52 Å². The van der Waals surface area contributed by atoms with E-state index in [4.69, 9.17) is 0 Å². The Bertz CT molecular complexity index is 674. The average molecular weight is 230 g/mol. The molecule has 3 aromatic rings. The molecule has 0 amide bonds. The molecule has 17 heavy (non-hydrogen) atoms. The smallest absolute Gasteiger partial charge is 0.185 e. The van der Waals surface area contributed by atoms with E-state index in [2.05, 4.69) is 10.2 Å². The van der Waals surface area contributed by atoms with Crippen LogP contribution in [0, 0.1) is 11.6 Å². The van der Waals surface area contributed by atoms with E-state index in [0.29, 0.717) is 10.9 Å². The minimum absolute atomic E-state index is 0.0992. The van der Waals surface area contributed by atoms with Crippen molar-refractivity contribution >= 4 is 10.9 Å². The third kappa shape index (κ3) is 1.49. The Balaban J connectivity index is 2.34. The van der Waals surface area contributed by atoms with Gasteiger partial charge in [-0.1, -0.05) is 30.3 Å². The molecule has 1 aromatic heterocycles. The van der Waals surface area contributed by atoms with Gasteiger partial charge in [0.25, 0.3) is 0 Å². The van der Waals surface area contributed by atoms with Crippen molar-refractivity contribution < 1.29 is 8.78 Å². The van der Waals surface area contributed by atoms with Gasteiger partial charge in [0.05, 0.1) is 6.20 Å². The fourth-order valence-corrected chi connectivity index (χ4v) is 1.86. The van der Waals surface area contributed by atoms with Crippen LogP contribution in [0.25, 0.3) is 22.0 Å². The van der Waals surface area contributed by atoms with Crippen molar-refractivity contribution in [3.8, 4) is 11.1 Å². The van der Waals surface area contributed by atoms with Gasteiger partial charge in [0.2, 0.25) is 0 Å². The number of fused-ring (bicyclic) bond motifs is 1. The molecule has 84 valence electrons. The molecule has 0 aliphatic carbocycles. The molecule has 3 rings (SSSR count). The number of nitrogens with zero attached hydrogens (tertiary/aromatic N) is 1. The summed E-state index contributed by atoms with van der Waals surface area (Å²) in [5.41, 5.74) is 0.992. The molecular weight excluding hydrogens is 222 g/mol. The topological polar surface area (TPSA) is 28.7 Å². The van der Waals surface area contributed by atoms with E-state index in [1.54, 1.807) is 30.3 Å². The molecule has 2 aromatic carbocycles. The van der Waals surface area contributed by atoms with Crippen molar-refractivity contribution in [1.29, 1.82) is 0 Å². The quantitative estimate of drug-likeness (QED) is 0.680. The van der Waals surface area contributed by atoms with E-state index in [1.165, 1.54) is 6.20 Å². The zero-order valence-corrected chi connectivity index (χ0v) is 8.74. The van der Waals surface area contributed by atoms with Crippen LogP contribution in [0.1, 0.15) is 0 Å². The molecule has 0 saturated heterocycles. The maximum Gasteiger partial charge on any atom is 0.185 e. The first kappa shape index (κ1) is 9.96. The van der Waals surface area contributed by atoms with Crippen molar-refractivity contribution in [2.45, 2.75) is 0 Å². The summed E-state index contributed by atoms with van der Waals surface area (Å²) < 4.78 is 27.6. The molecule has 4 heteroatoms. The van der Waals surface area contributed by atoms with Gasteiger partial charge in [-0.25, -0.2) is 8.78 Å². The first-order valence-corrected chi connectivity index (χ1v) is 5.14. The van der Waals surface area contributed by atoms with Gasteiger partial charge >= 0.3 is 0 Å². The van der Waals surface area contributed by atoms with Gasteiger partial charge in [0, 0.05) is 10.9 Å². The molecule has 0 saturated carbocycles. The summed E-state index contributed by atoms with van der Waals surface area (Å²) in [6.07, 6.45) is 1.48. The molecule has 0 bridgehead atoms. The van der Waals surface area contributed by atoms with Gasteiger partial charge < -0.3 is 0 Å². The third-order valence-electron chi connectivity index (χ3n) is 2.70. The van der Waals surface area contributed by atoms with E-state index in [0.717, 1.165) is 0 Å². The molecule has 0 aliphatic heterocycles. The summed E-state index contributed by atoms with van der Waals surface area (Å²) in [5, 5.41) is 6.71. The van der Waals surface area contributed by atoms with Gasteiger partial charge in [-0.05, 0) is 11.6 Å². The average Bonchev–Trinajstić information content (AvgIpc) is 2.83. The SMILES string of the molecule is Fc1c(-c2ccccc2)cc2cn[nH]c2c1F. The highest BCUT2D eigenvalue weighted by molar-refractivity contribution is 5.85. The Kier molecular flexibility index (Phi) is 2.14. The summed E-state index contributed by atoms with van der Waals surface area (Å²) in [7, 11) is 0. The third-order valence-corrected chi connectivity index (χ3v) is 2.70. The summed E-state index contributed by atoms with van der Waals surface area (Å²) >= 11 is 0. The van der Waals surface area contributed by atoms with Crippen LogP contribution in [-0.2, 0) is 0 Å². The molecule has 0 radical (unpaired) electrons. The predicted octanol–water partition coefficient (Wildman–Crippen LogP) is 3.51. The predicted molar refractivity (Wildman–Crippen MR) is 61.4 cm³/mol. The van der Waals surface area contributed by atoms with Crippen LogP contribution in [0.2, 0.25) is 0 Å². The van der Waals surface area contributed by atoms with Crippen molar-refractivity contribution in [2.24, 2.45) is 0 Å². The number of rotatable bonds is 1. The molecule has 0 atom stereocenters. The molecule has 2 nitrogen and oxygen atoms in total. The normalized spacial score (nSPS) is 10.9. The van der Waals surface area contributed by atoms with Crippen molar-refractivity contribution in [1.82, 2.24) is 10.2 Å². The van der Waals surface area contributed by atoms with Crippen LogP contribution in [0.5, 0.6) is 0 Å². The fourth-order valence-electron chi connectivity index (χ4n) is 1.86. The van der Waals surface area contributed by atoms with Crippen molar-refractivity contribution in [3.63, 3.8) is 0 Å². The lowest BCUT2D eigenvalue weighted by molar-refractivity contribution is 0.518. The first-order valence-electron chi connectivity index (χ1n) is 5.14. The number of benzene rings is 2. The number of hydrogen-bond donors (Lipinski definition) is 1. The van der Waals surface area contributed by atoms with Crippen LogP contribution >= 0.6 is 0 Å². The lowest BCUT2D eigenvalue weighted by atomic mass is 10.0. The number of halogens is 2. The van der Waals surface area contributed by atoms with E-state index in [1.807, 2.05) is 6.07 Å². The summed E-state index contributed by atoms with van der Waals surface area (Å²) in [5.74, 6) is -1.74. The number of hydrogen-bond acceptors (Lipinski definition) is 1. The van der Waals surface area contributed by atoms with Crippen LogP contribution in [0.15, 0.2) is 42.6 Å². The van der Waals surface area contributed by atoms with E-state index >= 15 is 0 Å². The van der Waals surface area contributed by atoms with Crippen LogP contribution < -0.4 is 0 Å². The maximum atomic E-state index is 13.9. The zero-order valence-electron chi connectivity index (χ0n) is 8.74. The number of nitrogens with one attached hydrogen (secondary N) is 1. The first-order chi connectivity index (χ1) is 8.27. The van der Waals surface area contributed by atoms with Crippen molar-refractivity contribution in [3.05, 3.63) is 54.2 Å². The second-order valence-electron chi connectivity index (χ2n) is 3.75. The van der Waals surface area contributed by atoms with Gasteiger partial charge in [-0.2, -0.15) is 5.10 Å². The van der Waals surface area contributed by atoms with E-state index < -0.39 is 11.6 Å². The summed E-state index contributed by atoms with van der Waals surface area (Å²) in [6.45, 7) is 0. The molecule has 0 aliphatic rings. The maximum absolute atomic E-state index is 13.9. The van der Waals surface area contributed by atoms with Crippen LogP contribution in [0.3, 0.4) is 0 Å². The van der Waals surface area contributed by atoms with E-state index in [-0.39, 0.29) is 11.1 Å². The Hall–Kier alpha value is -2.23. The van der Waals surface area contributed by atoms with Crippen LogP contribution in [0.4, 0.5) is 8.78 Å². The molecule has 1 heterocycles. The van der Waals surface area contributed by atoms with E-state index in [9.17, 15) is 8.78 Å². The summed E-state index contributed by atoms with van der Waals surface area (Å²) in [4.78, 5) is 0. The Labute approximate surface area is 95.9 Å². The van der Waals surface area contributed by atoms with Gasteiger partial charge in [-0.15, -0.1) is 0 Å². The molecule has 0 fully saturated rings. The minimum atomic E-state index is -0.890. The second kappa shape index (κ2) is 3.66. The Morgan fingerprint density at radius 1 is 1.00 bits per heavy atom. The minimum Gasteiger partial charge on any atom is -0.275 e. The van der Waals surface area contributed by atoms with Crippen LogP contribution in [-0.4, -0.2) is 10.2 Å². The summed E-state index contributed by atoms with van der Waals surface area (Å²) in [6, 6.07) is 10.5. The standard InChI is InChI=1S/C13H8F2N2/c14-11-10(8-4-2-1-3-5-8)6-9-7-16-17-13(9)12(11)15/h1-7H,(H,16,17). The fraction of sp³-hybridized carbons (Fsp3) is 0. The molecule has 0 unspecified atom stereocenters. The second-order valence-corrected chi connectivity index (χ2v) is 3.75. The highest BCUT2D eigenvalue weighted by atomic mass is 19.2. The number of H-pyrrole nitrogens is 1.